The molecule has 1 rings (SSSR count). The Morgan fingerprint density at radius 2 is 1.85 bits per heavy atom. The fourth-order valence-electron chi connectivity index (χ4n) is 0.749. The van der Waals surface area contributed by atoms with E-state index in [0.717, 1.165) is 5.69 Å². The zero-order chi connectivity index (χ0) is 8.81. The molecule has 0 amide bonds. The van der Waals surface area contributed by atoms with Crippen molar-refractivity contribution in [3.8, 4) is 0 Å². The van der Waals surface area contributed by atoms with Crippen molar-refractivity contribution in [2.45, 2.75) is 0 Å². The summed E-state index contributed by atoms with van der Waals surface area (Å²) in [6.07, 6.45) is 1.80. The van der Waals surface area contributed by atoms with Crippen LogP contribution < -0.4 is 22.7 Å². The maximum atomic E-state index is 4.03. The van der Waals surface area contributed by atoms with E-state index in [1.54, 1.807) is 6.34 Å². The van der Waals surface area contributed by atoms with Crippen LogP contribution in [0.3, 0.4) is 0 Å². The Morgan fingerprint density at radius 1 is 1.23 bits per heavy atom. The van der Waals surface area contributed by atoms with Crippen molar-refractivity contribution in [3.05, 3.63) is 30.3 Å². The number of halogens is 1. The number of hydrazone groups is 1. The number of hydrogen-bond donors (Lipinski definition) is 2. The first-order chi connectivity index (χ1) is 5.79. The largest absolute Gasteiger partial charge is 1.00 e. The molecule has 0 aromatic heterocycles. The van der Waals surface area contributed by atoms with Gasteiger partial charge in [0.2, 0.25) is 6.34 Å². The van der Waals surface area contributed by atoms with Gasteiger partial charge in [0.1, 0.15) is 0 Å². The second kappa shape index (κ2) is 6.46. The Bertz CT molecular complexity index is 246. The zero-order valence-corrected chi connectivity index (χ0v) is 8.55. The molecule has 1 aromatic rings. The van der Waals surface area contributed by atoms with Gasteiger partial charge in [0, 0.05) is 0 Å². The van der Waals surface area contributed by atoms with Crippen molar-refractivity contribution < 1.29 is 17.3 Å². The van der Waals surface area contributed by atoms with Crippen LogP contribution in [0.1, 0.15) is 0 Å². The van der Waals surface area contributed by atoms with E-state index in [0.29, 0.717) is 0 Å². The number of para-hydroxylation sites is 1. The topological polar surface area (TPSA) is 28.8 Å². The lowest BCUT2D eigenvalue weighted by Gasteiger charge is -1.99. The Balaban J connectivity index is 0.00000144. The molecular weight excluding hydrogens is 186 g/mol. The molecule has 0 spiro atoms. The molecule has 3 nitrogen and oxygen atoms in total. The zero-order valence-electron chi connectivity index (χ0n) is 7.79. The van der Waals surface area contributed by atoms with Crippen LogP contribution in [0.4, 0.5) is 5.69 Å². The van der Waals surface area contributed by atoms with Gasteiger partial charge in [-0.2, -0.15) is 0 Å². The molecule has 0 fully saturated rings. The van der Waals surface area contributed by atoms with Crippen LogP contribution in [0.2, 0.25) is 0 Å². The Labute approximate surface area is 84.9 Å². The molecule has 0 unspecified atom stereocenters. The van der Waals surface area contributed by atoms with Gasteiger partial charge in [-0.15, -0.1) is 5.10 Å². The lowest BCUT2D eigenvalue weighted by atomic mass is 10.3. The number of anilines is 1. The van der Waals surface area contributed by atoms with E-state index < -0.39 is 0 Å². The van der Waals surface area contributed by atoms with Gasteiger partial charge in [-0.1, -0.05) is 18.2 Å². The first-order valence-corrected chi connectivity index (χ1v) is 3.93. The molecule has 0 aliphatic carbocycles. The third-order valence-corrected chi connectivity index (χ3v) is 1.29. The summed E-state index contributed by atoms with van der Waals surface area (Å²) in [7, 11) is 4.02. The van der Waals surface area contributed by atoms with Crippen molar-refractivity contribution in [3.63, 3.8) is 0 Å². The predicted molar refractivity (Wildman–Crippen MR) is 51.4 cm³/mol. The number of rotatable bonds is 3. The first kappa shape index (κ1) is 11.9. The molecular formula is C9H14ClN3. The highest BCUT2D eigenvalue weighted by atomic mass is 35.5. The van der Waals surface area contributed by atoms with E-state index in [-0.39, 0.29) is 12.4 Å². The summed E-state index contributed by atoms with van der Waals surface area (Å²) in [5, 5.41) is 4.03. The molecule has 0 bridgehead atoms. The Kier molecular flexibility index (Phi) is 5.93. The van der Waals surface area contributed by atoms with E-state index in [1.807, 2.05) is 44.4 Å². The number of quaternary nitrogens is 1. The minimum atomic E-state index is 0. The van der Waals surface area contributed by atoms with Crippen LogP contribution in [-0.2, 0) is 0 Å². The maximum Gasteiger partial charge on any atom is 0.205 e. The lowest BCUT2D eigenvalue weighted by molar-refractivity contribution is -0.750. The minimum Gasteiger partial charge on any atom is -1.00 e. The van der Waals surface area contributed by atoms with E-state index in [9.17, 15) is 0 Å². The molecule has 0 saturated heterocycles. The van der Waals surface area contributed by atoms with Crippen LogP contribution in [0.25, 0.3) is 0 Å². The summed E-state index contributed by atoms with van der Waals surface area (Å²) in [4.78, 5) is 1.18. The maximum absolute atomic E-state index is 4.03. The fraction of sp³-hybridized carbons (Fsp3) is 0.222. The normalized spacial score (nSPS) is 10.1. The average molecular weight is 200 g/mol. The smallest absolute Gasteiger partial charge is 0.205 e. The molecule has 0 atom stereocenters. The minimum absolute atomic E-state index is 0. The highest BCUT2D eigenvalue weighted by Crippen LogP contribution is 2.03. The van der Waals surface area contributed by atoms with E-state index in [1.165, 1.54) is 4.90 Å². The van der Waals surface area contributed by atoms with E-state index >= 15 is 0 Å². The van der Waals surface area contributed by atoms with Gasteiger partial charge >= 0.3 is 0 Å². The molecule has 1 aromatic carbocycles. The Morgan fingerprint density at radius 3 is 2.38 bits per heavy atom. The molecule has 0 saturated carbocycles. The van der Waals surface area contributed by atoms with E-state index in [2.05, 4.69) is 10.5 Å². The lowest BCUT2D eigenvalue weighted by Crippen LogP contribution is -3.04. The van der Waals surface area contributed by atoms with Gasteiger partial charge in [-0.05, 0) is 12.1 Å². The first-order valence-electron chi connectivity index (χ1n) is 3.93. The molecule has 4 heteroatoms. The Hall–Kier alpha value is -1.06. The number of nitrogens with one attached hydrogen (secondary N) is 2. The molecule has 2 N–H and O–H groups in total. The number of nitrogens with zero attached hydrogens (tertiary/aromatic N) is 1. The van der Waals surface area contributed by atoms with Crippen molar-refractivity contribution >= 4 is 12.0 Å². The van der Waals surface area contributed by atoms with Crippen LogP contribution >= 0.6 is 0 Å². The summed E-state index contributed by atoms with van der Waals surface area (Å²) in [6, 6.07) is 9.87. The number of hydrogen-bond acceptors (Lipinski definition) is 2. The van der Waals surface area contributed by atoms with Crippen LogP contribution in [0.5, 0.6) is 0 Å². The van der Waals surface area contributed by atoms with E-state index in [4.69, 9.17) is 0 Å². The van der Waals surface area contributed by atoms with Gasteiger partial charge in [0.05, 0.1) is 19.8 Å². The molecule has 0 aliphatic rings. The van der Waals surface area contributed by atoms with Crippen LogP contribution in [0, 0.1) is 0 Å². The quantitative estimate of drug-likeness (QED) is 0.307. The molecule has 0 heterocycles. The van der Waals surface area contributed by atoms with Crippen molar-refractivity contribution in [1.29, 1.82) is 0 Å². The SMILES string of the molecule is C[NH+](C)/C=N/Nc1ccccc1.[Cl-]. The second-order valence-electron chi connectivity index (χ2n) is 2.81. The summed E-state index contributed by atoms with van der Waals surface area (Å²) in [5.41, 5.74) is 3.93. The fourth-order valence-corrected chi connectivity index (χ4v) is 0.749. The third kappa shape index (κ3) is 5.22. The monoisotopic (exact) mass is 199 g/mol. The van der Waals surface area contributed by atoms with Gasteiger partial charge in [0.25, 0.3) is 0 Å². The summed E-state index contributed by atoms with van der Waals surface area (Å²) < 4.78 is 0. The van der Waals surface area contributed by atoms with Gasteiger partial charge in [-0.25, -0.2) is 0 Å². The summed E-state index contributed by atoms with van der Waals surface area (Å²) in [6.45, 7) is 0. The summed E-state index contributed by atoms with van der Waals surface area (Å²) >= 11 is 0. The molecule has 0 aliphatic heterocycles. The third-order valence-electron chi connectivity index (χ3n) is 1.29. The standard InChI is InChI=1S/C9H13N3.ClH/c1-12(2)8-10-11-9-6-4-3-5-7-9;/h3-8,11H,1-2H3;1H/b10-8+;. The molecule has 0 radical (unpaired) electrons. The molecule has 13 heavy (non-hydrogen) atoms. The average Bonchev–Trinajstić information content (AvgIpc) is 2.05. The van der Waals surface area contributed by atoms with Crippen molar-refractivity contribution in [1.82, 2.24) is 0 Å². The summed E-state index contributed by atoms with van der Waals surface area (Å²) in [5.74, 6) is 0. The van der Waals surface area contributed by atoms with Crippen molar-refractivity contribution in [2.24, 2.45) is 5.10 Å². The highest BCUT2D eigenvalue weighted by Gasteiger charge is 1.85. The van der Waals surface area contributed by atoms with Gasteiger partial charge < -0.3 is 12.4 Å². The van der Waals surface area contributed by atoms with Crippen molar-refractivity contribution in [2.75, 3.05) is 19.5 Å². The predicted octanol–water partition coefficient (Wildman–Crippen LogP) is -2.81. The van der Waals surface area contributed by atoms with Crippen LogP contribution in [0.15, 0.2) is 35.4 Å². The molecule has 72 valence electrons. The van der Waals surface area contributed by atoms with Crippen LogP contribution in [-0.4, -0.2) is 20.4 Å². The second-order valence-corrected chi connectivity index (χ2v) is 2.81. The number of benzene rings is 1. The highest BCUT2D eigenvalue weighted by molar-refractivity contribution is 5.48. The van der Waals surface area contributed by atoms with Gasteiger partial charge in [-0.3, -0.25) is 10.3 Å². The van der Waals surface area contributed by atoms with Gasteiger partial charge in [0.15, 0.2) is 0 Å².